The molecule has 1 aromatic carbocycles. The normalized spacial score (nSPS) is 10.9. The summed E-state index contributed by atoms with van der Waals surface area (Å²) < 4.78 is 12.8. The second-order valence-electron chi connectivity index (χ2n) is 3.23. The lowest BCUT2D eigenvalue weighted by Crippen LogP contribution is -1.84. The zero-order valence-electron chi connectivity index (χ0n) is 8.94. The summed E-state index contributed by atoms with van der Waals surface area (Å²) in [5.74, 6) is 0.370. The maximum absolute atomic E-state index is 12.8. The van der Waals surface area contributed by atoms with Gasteiger partial charge in [0, 0.05) is 18.2 Å². The molecule has 0 heterocycles. The highest BCUT2D eigenvalue weighted by molar-refractivity contribution is 8.13. The van der Waals surface area contributed by atoms with Gasteiger partial charge in [0.15, 0.2) is 5.12 Å². The molecular weight excluding hydrogens is 227 g/mol. The Kier molecular flexibility index (Phi) is 5.05. The molecule has 86 valence electrons. The van der Waals surface area contributed by atoms with Crippen molar-refractivity contribution in [1.82, 2.24) is 0 Å². The number of aromatic hydroxyl groups is 1. The number of thioether (sulfide) groups is 1. The van der Waals surface area contributed by atoms with Crippen LogP contribution < -0.4 is 0 Å². The van der Waals surface area contributed by atoms with Gasteiger partial charge in [0.2, 0.25) is 0 Å². The molecule has 0 aliphatic carbocycles. The SMILES string of the molecule is CC(=O)SCCC=Cc1cc(F)ccc1O. The van der Waals surface area contributed by atoms with E-state index in [-0.39, 0.29) is 16.7 Å². The van der Waals surface area contributed by atoms with Crippen LogP contribution in [0.4, 0.5) is 4.39 Å². The quantitative estimate of drug-likeness (QED) is 0.821. The molecule has 4 heteroatoms. The third-order valence-electron chi connectivity index (χ3n) is 1.88. The lowest BCUT2D eigenvalue weighted by Gasteiger charge is -1.98. The Morgan fingerprint density at radius 2 is 2.31 bits per heavy atom. The Bertz CT molecular complexity index is 402. The van der Waals surface area contributed by atoms with Crippen LogP contribution in [0.3, 0.4) is 0 Å². The molecule has 0 spiro atoms. The van der Waals surface area contributed by atoms with Crippen LogP contribution >= 0.6 is 11.8 Å². The van der Waals surface area contributed by atoms with Crippen molar-refractivity contribution in [3.8, 4) is 5.75 Å². The molecule has 0 radical (unpaired) electrons. The number of phenols is 1. The van der Waals surface area contributed by atoms with E-state index in [9.17, 15) is 14.3 Å². The molecule has 0 amide bonds. The van der Waals surface area contributed by atoms with E-state index in [1.165, 1.54) is 36.9 Å². The number of phenolic OH excluding ortho intramolecular Hbond substituents is 1. The van der Waals surface area contributed by atoms with E-state index in [0.29, 0.717) is 17.7 Å². The van der Waals surface area contributed by atoms with Gasteiger partial charge in [-0.15, -0.1) is 0 Å². The van der Waals surface area contributed by atoms with Crippen molar-refractivity contribution < 1.29 is 14.3 Å². The van der Waals surface area contributed by atoms with Crippen LogP contribution in [0.5, 0.6) is 5.75 Å². The first kappa shape index (κ1) is 12.8. The highest BCUT2D eigenvalue weighted by Crippen LogP contribution is 2.19. The molecule has 1 rings (SSSR count). The number of halogens is 1. The summed E-state index contributed by atoms with van der Waals surface area (Å²) in [7, 11) is 0. The summed E-state index contributed by atoms with van der Waals surface area (Å²) in [5, 5.41) is 9.49. The number of hydrogen-bond acceptors (Lipinski definition) is 3. The van der Waals surface area contributed by atoms with Gasteiger partial charge in [-0.1, -0.05) is 23.9 Å². The predicted molar refractivity (Wildman–Crippen MR) is 64.9 cm³/mol. The molecule has 0 bridgehead atoms. The number of carbonyl (C=O) groups is 1. The first-order valence-electron chi connectivity index (χ1n) is 4.88. The summed E-state index contributed by atoms with van der Waals surface area (Å²) in [5.41, 5.74) is 0.452. The van der Waals surface area contributed by atoms with Gasteiger partial charge in [-0.3, -0.25) is 4.79 Å². The van der Waals surface area contributed by atoms with Crippen molar-refractivity contribution >= 4 is 23.0 Å². The van der Waals surface area contributed by atoms with Crippen LogP contribution in [0.25, 0.3) is 6.08 Å². The molecular formula is C12H13FO2S. The van der Waals surface area contributed by atoms with E-state index in [1.807, 2.05) is 6.08 Å². The average molecular weight is 240 g/mol. The van der Waals surface area contributed by atoms with E-state index in [2.05, 4.69) is 0 Å². The zero-order valence-corrected chi connectivity index (χ0v) is 9.76. The first-order chi connectivity index (χ1) is 7.59. The highest BCUT2D eigenvalue weighted by atomic mass is 32.2. The van der Waals surface area contributed by atoms with E-state index in [4.69, 9.17) is 0 Å². The molecule has 0 unspecified atom stereocenters. The Labute approximate surface area is 98.2 Å². The topological polar surface area (TPSA) is 37.3 Å². The van der Waals surface area contributed by atoms with Gasteiger partial charge < -0.3 is 5.11 Å². The van der Waals surface area contributed by atoms with Gasteiger partial charge in [0.05, 0.1) is 0 Å². The molecule has 1 aromatic rings. The predicted octanol–water partition coefficient (Wildman–Crippen LogP) is 3.21. The Balaban J connectivity index is 2.49. The van der Waals surface area contributed by atoms with Crippen molar-refractivity contribution in [3.63, 3.8) is 0 Å². The molecule has 0 saturated carbocycles. The monoisotopic (exact) mass is 240 g/mol. The number of carbonyl (C=O) groups excluding carboxylic acids is 1. The molecule has 0 saturated heterocycles. The Hall–Kier alpha value is -1.29. The number of rotatable bonds is 4. The second kappa shape index (κ2) is 6.33. The first-order valence-corrected chi connectivity index (χ1v) is 5.86. The van der Waals surface area contributed by atoms with Gasteiger partial charge in [-0.05, 0) is 24.6 Å². The molecule has 1 N–H and O–H groups in total. The van der Waals surface area contributed by atoms with Crippen molar-refractivity contribution in [2.75, 3.05) is 5.75 Å². The lowest BCUT2D eigenvalue weighted by molar-refractivity contribution is -0.109. The van der Waals surface area contributed by atoms with Crippen LogP contribution in [0.15, 0.2) is 24.3 Å². The highest BCUT2D eigenvalue weighted by Gasteiger charge is 1.98. The van der Waals surface area contributed by atoms with Crippen LogP contribution in [0.1, 0.15) is 18.9 Å². The van der Waals surface area contributed by atoms with Gasteiger partial charge in [0.1, 0.15) is 11.6 Å². The molecule has 16 heavy (non-hydrogen) atoms. The molecule has 0 aromatic heterocycles. The fourth-order valence-electron chi connectivity index (χ4n) is 1.14. The number of benzene rings is 1. The summed E-state index contributed by atoms with van der Waals surface area (Å²) in [6.45, 7) is 1.52. The van der Waals surface area contributed by atoms with Gasteiger partial charge in [-0.2, -0.15) is 0 Å². The van der Waals surface area contributed by atoms with Crippen LogP contribution in [0, 0.1) is 5.82 Å². The summed E-state index contributed by atoms with van der Waals surface area (Å²) in [6.07, 6.45) is 4.17. The van der Waals surface area contributed by atoms with Crippen molar-refractivity contribution in [3.05, 3.63) is 35.7 Å². The second-order valence-corrected chi connectivity index (χ2v) is 4.51. The van der Waals surface area contributed by atoms with Gasteiger partial charge in [-0.25, -0.2) is 4.39 Å². The zero-order chi connectivity index (χ0) is 12.0. The van der Waals surface area contributed by atoms with Crippen LogP contribution in [-0.4, -0.2) is 16.0 Å². The third kappa shape index (κ3) is 4.49. The van der Waals surface area contributed by atoms with Crippen LogP contribution in [-0.2, 0) is 4.79 Å². The minimum absolute atomic E-state index is 0.0527. The van der Waals surface area contributed by atoms with Gasteiger partial charge in [0.25, 0.3) is 0 Å². The minimum atomic E-state index is -0.379. The maximum atomic E-state index is 12.8. The van der Waals surface area contributed by atoms with Crippen LogP contribution in [0.2, 0.25) is 0 Å². The number of hydrogen-bond donors (Lipinski definition) is 1. The summed E-state index contributed by atoms with van der Waals surface area (Å²) in [6, 6.07) is 3.79. The standard InChI is InChI=1S/C12H13FO2S/c1-9(14)16-7-3-2-4-10-8-11(13)5-6-12(10)15/h2,4-6,8,15H,3,7H2,1H3. The number of allylic oxidation sites excluding steroid dienone is 1. The fourth-order valence-corrected chi connectivity index (χ4v) is 1.68. The molecule has 0 fully saturated rings. The Morgan fingerprint density at radius 1 is 1.56 bits per heavy atom. The van der Waals surface area contributed by atoms with Gasteiger partial charge >= 0.3 is 0 Å². The molecule has 0 atom stereocenters. The fraction of sp³-hybridized carbons (Fsp3) is 0.250. The van der Waals surface area contributed by atoms with E-state index in [1.54, 1.807) is 6.08 Å². The van der Waals surface area contributed by atoms with E-state index >= 15 is 0 Å². The van der Waals surface area contributed by atoms with Crippen molar-refractivity contribution in [1.29, 1.82) is 0 Å². The third-order valence-corrected chi connectivity index (χ3v) is 2.72. The molecule has 0 aliphatic rings. The van der Waals surface area contributed by atoms with E-state index in [0.717, 1.165) is 0 Å². The van der Waals surface area contributed by atoms with Crippen molar-refractivity contribution in [2.24, 2.45) is 0 Å². The molecule has 2 nitrogen and oxygen atoms in total. The minimum Gasteiger partial charge on any atom is -0.507 e. The largest absolute Gasteiger partial charge is 0.507 e. The average Bonchev–Trinajstić information content (AvgIpc) is 2.22. The summed E-state index contributed by atoms with van der Waals surface area (Å²) in [4.78, 5) is 10.6. The van der Waals surface area contributed by atoms with E-state index < -0.39 is 0 Å². The maximum Gasteiger partial charge on any atom is 0.185 e. The van der Waals surface area contributed by atoms with Crippen molar-refractivity contribution in [2.45, 2.75) is 13.3 Å². The smallest absolute Gasteiger partial charge is 0.185 e. The Morgan fingerprint density at radius 3 is 3.00 bits per heavy atom. The lowest BCUT2D eigenvalue weighted by atomic mass is 10.2. The summed E-state index contributed by atoms with van der Waals surface area (Å²) >= 11 is 1.25. The molecule has 0 aliphatic heterocycles.